The molecule has 8 nitrogen and oxygen atoms in total. The second-order valence-electron chi connectivity index (χ2n) is 6.88. The van der Waals surface area contributed by atoms with E-state index in [0.29, 0.717) is 30.0 Å². The van der Waals surface area contributed by atoms with E-state index >= 15 is 0 Å². The summed E-state index contributed by atoms with van der Waals surface area (Å²) in [6, 6.07) is 9.48. The second-order valence-corrected chi connectivity index (χ2v) is 6.88. The van der Waals surface area contributed by atoms with Gasteiger partial charge in [-0.1, -0.05) is 6.07 Å². The van der Waals surface area contributed by atoms with E-state index in [9.17, 15) is 9.18 Å². The number of nitrogens with one attached hydrogen (secondary N) is 1. The number of likely N-dealkylation sites (N-methyl/N-ethyl adjacent to an activating group) is 1. The Labute approximate surface area is 162 Å². The van der Waals surface area contributed by atoms with Gasteiger partial charge in [0.05, 0.1) is 0 Å². The van der Waals surface area contributed by atoms with Gasteiger partial charge in [0, 0.05) is 44.7 Å². The molecule has 2 aromatic heterocycles. The number of benzene rings is 1. The van der Waals surface area contributed by atoms with Crippen LogP contribution in [0.2, 0.25) is 0 Å². The van der Waals surface area contributed by atoms with Crippen LogP contribution in [0.4, 0.5) is 10.2 Å². The Hall–Kier alpha value is -3.07. The highest BCUT2D eigenvalue weighted by Crippen LogP contribution is 2.14. The molecule has 0 radical (unpaired) electrons. The van der Waals surface area contributed by atoms with Crippen molar-refractivity contribution in [1.82, 2.24) is 30.0 Å². The first-order valence-electron chi connectivity index (χ1n) is 9.29. The van der Waals surface area contributed by atoms with E-state index in [2.05, 4.69) is 37.5 Å². The number of hydrogen-bond acceptors (Lipinski definition) is 6. The summed E-state index contributed by atoms with van der Waals surface area (Å²) in [5, 5.41) is 15.8. The Morgan fingerprint density at radius 3 is 2.75 bits per heavy atom. The summed E-state index contributed by atoms with van der Waals surface area (Å²) in [6.45, 7) is 4.21. The van der Waals surface area contributed by atoms with Crippen molar-refractivity contribution in [1.29, 1.82) is 0 Å². The SMILES string of the molecule is CN1CCN(c2ccc3nnc(CCNC(=O)c4cccc(F)c4)n3n2)CC1. The van der Waals surface area contributed by atoms with Gasteiger partial charge in [0.15, 0.2) is 11.5 Å². The third kappa shape index (κ3) is 3.94. The molecule has 1 aromatic carbocycles. The normalized spacial score (nSPS) is 15.1. The van der Waals surface area contributed by atoms with Crippen molar-refractivity contribution in [2.45, 2.75) is 6.42 Å². The van der Waals surface area contributed by atoms with Gasteiger partial charge in [-0.2, -0.15) is 4.52 Å². The van der Waals surface area contributed by atoms with Gasteiger partial charge in [0.1, 0.15) is 11.6 Å². The van der Waals surface area contributed by atoms with Gasteiger partial charge in [-0.15, -0.1) is 15.3 Å². The molecule has 3 aromatic rings. The van der Waals surface area contributed by atoms with Crippen LogP contribution in [0.25, 0.3) is 5.65 Å². The van der Waals surface area contributed by atoms with E-state index in [1.165, 1.54) is 18.2 Å². The number of carbonyl (C=O) groups is 1. The third-order valence-electron chi connectivity index (χ3n) is 4.86. The van der Waals surface area contributed by atoms with Crippen LogP contribution >= 0.6 is 0 Å². The molecule has 3 heterocycles. The van der Waals surface area contributed by atoms with Gasteiger partial charge in [0.2, 0.25) is 0 Å². The van der Waals surface area contributed by atoms with Crippen LogP contribution in [0, 0.1) is 5.82 Å². The minimum absolute atomic E-state index is 0.293. The van der Waals surface area contributed by atoms with Crippen LogP contribution in [0.1, 0.15) is 16.2 Å². The molecule has 146 valence electrons. The maximum Gasteiger partial charge on any atom is 0.251 e. The average molecular weight is 383 g/mol. The van der Waals surface area contributed by atoms with Crippen molar-refractivity contribution in [3.63, 3.8) is 0 Å². The Balaban J connectivity index is 1.42. The lowest BCUT2D eigenvalue weighted by molar-refractivity contribution is 0.0953. The molecule has 1 fully saturated rings. The molecule has 0 spiro atoms. The van der Waals surface area contributed by atoms with E-state index in [-0.39, 0.29) is 5.91 Å². The molecule has 1 amide bonds. The minimum atomic E-state index is -0.434. The molecule has 9 heteroatoms. The third-order valence-corrected chi connectivity index (χ3v) is 4.86. The highest BCUT2D eigenvalue weighted by atomic mass is 19.1. The number of amides is 1. The highest BCUT2D eigenvalue weighted by Gasteiger charge is 2.17. The molecule has 1 aliphatic rings. The topological polar surface area (TPSA) is 78.7 Å². The van der Waals surface area contributed by atoms with Crippen LogP contribution in [0.15, 0.2) is 36.4 Å². The maximum absolute atomic E-state index is 13.2. The smallest absolute Gasteiger partial charge is 0.251 e. The van der Waals surface area contributed by atoms with Crippen molar-refractivity contribution in [3.8, 4) is 0 Å². The lowest BCUT2D eigenvalue weighted by Gasteiger charge is -2.33. The van der Waals surface area contributed by atoms with Crippen LogP contribution in [-0.4, -0.2) is 70.4 Å². The molecule has 0 aliphatic carbocycles. The number of rotatable bonds is 5. The van der Waals surface area contributed by atoms with Crippen LogP contribution in [0.3, 0.4) is 0 Å². The van der Waals surface area contributed by atoms with E-state index in [1.54, 1.807) is 10.6 Å². The molecule has 4 rings (SSSR count). The summed E-state index contributed by atoms with van der Waals surface area (Å²) < 4.78 is 15.0. The molecule has 0 bridgehead atoms. The molecular weight excluding hydrogens is 361 g/mol. The Morgan fingerprint density at radius 1 is 1.14 bits per heavy atom. The van der Waals surface area contributed by atoms with Crippen LogP contribution < -0.4 is 10.2 Å². The molecular formula is C19H22FN7O. The van der Waals surface area contributed by atoms with Gasteiger partial charge < -0.3 is 15.1 Å². The second kappa shape index (κ2) is 7.89. The van der Waals surface area contributed by atoms with Crippen LogP contribution in [0.5, 0.6) is 0 Å². The summed E-state index contributed by atoms with van der Waals surface area (Å²) in [7, 11) is 2.12. The molecule has 1 aliphatic heterocycles. The summed E-state index contributed by atoms with van der Waals surface area (Å²) >= 11 is 0. The predicted octanol–water partition coefficient (Wildman–Crippen LogP) is 0.988. The lowest BCUT2D eigenvalue weighted by atomic mass is 10.2. The quantitative estimate of drug-likeness (QED) is 0.708. The number of nitrogens with zero attached hydrogens (tertiary/aromatic N) is 6. The summed E-state index contributed by atoms with van der Waals surface area (Å²) in [4.78, 5) is 16.7. The lowest BCUT2D eigenvalue weighted by Crippen LogP contribution is -2.45. The van der Waals surface area contributed by atoms with Crippen LogP contribution in [-0.2, 0) is 6.42 Å². The predicted molar refractivity (Wildman–Crippen MR) is 103 cm³/mol. The number of hydrogen-bond donors (Lipinski definition) is 1. The Bertz CT molecular complexity index is 981. The molecule has 1 N–H and O–H groups in total. The fourth-order valence-corrected chi connectivity index (χ4v) is 3.20. The van der Waals surface area contributed by atoms with Gasteiger partial charge in [-0.25, -0.2) is 4.39 Å². The van der Waals surface area contributed by atoms with Gasteiger partial charge in [-0.05, 0) is 37.4 Å². The van der Waals surface area contributed by atoms with E-state index in [4.69, 9.17) is 0 Å². The van der Waals surface area contributed by atoms with Crippen molar-refractivity contribution in [2.75, 3.05) is 44.7 Å². The first-order valence-corrected chi connectivity index (χ1v) is 9.29. The Morgan fingerprint density at radius 2 is 1.96 bits per heavy atom. The first kappa shape index (κ1) is 18.3. The van der Waals surface area contributed by atoms with E-state index < -0.39 is 5.82 Å². The summed E-state index contributed by atoms with van der Waals surface area (Å²) in [6.07, 6.45) is 0.474. The molecule has 0 atom stereocenters. The van der Waals surface area contributed by atoms with Crippen molar-refractivity contribution in [2.24, 2.45) is 0 Å². The maximum atomic E-state index is 13.2. The number of anilines is 1. The zero-order valence-electron chi connectivity index (χ0n) is 15.7. The number of halogens is 1. The minimum Gasteiger partial charge on any atom is -0.353 e. The molecule has 0 unspecified atom stereocenters. The highest BCUT2D eigenvalue weighted by molar-refractivity contribution is 5.94. The zero-order chi connectivity index (χ0) is 19.5. The fraction of sp³-hybridized carbons (Fsp3) is 0.368. The van der Waals surface area contributed by atoms with Gasteiger partial charge >= 0.3 is 0 Å². The molecule has 28 heavy (non-hydrogen) atoms. The summed E-state index contributed by atoms with van der Waals surface area (Å²) in [5.41, 5.74) is 0.964. The van der Waals surface area contributed by atoms with Crippen molar-refractivity contribution in [3.05, 3.63) is 53.6 Å². The van der Waals surface area contributed by atoms with Gasteiger partial charge in [-0.3, -0.25) is 4.79 Å². The number of fused-ring (bicyclic) bond motifs is 1. The number of carbonyl (C=O) groups excluding carboxylic acids is 1. The van der Waals surface area contributed by atoms with Crippen molar-refractivity contribution < 1.29 is 9.18 Å². The Kier molecular flexibility index (Phi) is 5.16. The zero-order valence-corrected chi connectivity index (χ0v) is 15.7. The summed E-state index contributed by atoms with van der Waals surface area (Å²) in [5.74, 6) is 0.812. The first-order chi connectivity index (χ1) is 13.6. The van der Waals surface area contributed by atoms with Crippen molar-refractivity contribution >= 4 is 17.4 Å². The van der Waals surface area contributed by atoms with Gasteiger partial charge in [0.25, 0.3) is 5.91 Å². The number of aromatic nitrogens is 4. The van der Waals surface area contributed by atoms with E-state index in [0.717, 1.165) is 32.0 Å². The molecule has 1 saturated heterocycles. The molecule has 0 saturated carbocycles. The fourth-order valence-electron chi connectivity index (χ4n) is 3.20. The standard InChI is InChI=1S/C19H22FN7O/c1-25-9-11-26(12-10-25)18-6-5-16-22-23-17(27(16)24-18)7-8-21-19(28)14-3-2-4-15(20)13-14/h2-6,13H,7-12H2,1H3,(H,21,28). The average Bonchev–Trinajstić information content (AvgIpc) is 3.11. The van der Waals surface area contributed by atoms with E-state index in [1.807, 2.05) is 12.1 Å². The largest absolute Gasteiger partial charge is 0.353 e. The number of piperazine rings is 1. The monoisotopic (exact) mass is 383 g/mol.